The third-order valence-corrected chi connectivity index (χ3v) is 3.54. The fourth-order valence-electron chi connectivity index (χ4n) is 2.25. The van der Waals surface area contributed by atoms with Gasteiger partial charge in [0.25, 0.3) is 0 Å². The summed E-state index contributed by atoms with van der Waals surface area (Å²) in [5.41, 5.74) is 1.48. The largest absolute Gasteiger partial charge is 0.497 e. The Labute approximate surface area is 147 Å². The van der Waals surface area contributed by atoms with Gasteiger partial charge in [-0.2, -0.15) is 0 Å². The van der Waals surface area contributed by atoms with Crippen molar-refractivity contribution in [2.75, 3.05) is 27.4 Å². The van der Waals surface area contributed by atoms with Crippen LogP contribution in [0.25, 0.3) is 0 Å². The summed E-state index contributed by atoms with van der Waals surface area (Å²) >= 11 is 0. The van der Waals surface area contributed by atoms with E-state index in [0.29, 0.717) is 24.4 Å². The lowest BCUT2D eigenvalue weighted by Crippen LogP contribution is -2.31. The number of hydrogen-bond donors (Lipinski definition) is 2. The lowest BCUT2D eigenvalue weighted by Gasteiger charge is -2.14. The van der Waals surface area contributed by atoms with E-state index in [4.69, 9.17) is 9.47 Å². The number of benzene rings is 2. The number of rotatable bonds is 9. The van der Waals surface area contributed by atoms with Crippen LogP contribution in [0.1, 0.15) is 15.9 Å². The monoisotopic (exact) mass is 345 g/mol. The van der Waals surface area contributed by atoms with Gasteiger partial charge in [-0.25, -0.2) is 4.79 Å². The topological polar surface area (TPSA) is 77.0 Å². The molecule has 0 unspecified atom stereocenters. The molecule has 0 heterocycles. The van der Waals surface area contributed by atoms with Gasteiger partial charge in [0, 0.05) is 13.1 Å². The zero-order valence-corrected chi connectivity index (χ0v) is 14.4. The second kappa shape index (κ2) is 9.66. The highest BCUT2D eigenvalue weighted by molar-refractivity contribution is 5.89. The van der Waals surface area contributed by atoms with Gasteiger partial charge in [-0.1, -0.05) is 18.2 Å². The smallest absolute Gasteiger partial charge is 0.337 e. The van der Waals surface area contributed by atoms with Crippen molar-refractivity contribution in [2.24, 2.45) is 0 Å². The molecule has 0 bridgehead atoms. The Morgan fingerprint density at radius 1 is 1.12 bits per heavy atom. The molecule has 0 fully saturated rings. The van der Waals surface area contributed by atoms with Gasteiger partial charge in [0.15, 0.2) is 0 Å². The van der Waals surface area contributed by atoms with Crippen LogP contribution >= 0.6 is 0 Å². The van der Waals surface area contributed by atoms with Crippen molar-refractivity contribution < 1.29 is 24.1 Å². The van der Waals surface area contributed by atoms with E-state index in [-0.39, 0.29) is 6.61 Å². The maximum absolute atomic E-state index is 11.5. The molecule has 0 radical (unpaired) electrons. The molecule has 1 atom stereocenters. The molecule has 0 aromatic heterocycles. The minimum atomic E-state index is -0.674. The van der Waals surface area contributed by atoms with E-state index in [0.717, 1.165) is 11.3 Å². The predicted octanol–water partition coefficient (Wildman–Crippen LogP) is 2.01. The Morgan fingerprint density at radius 2 is 1.88 bits per heavy atom. The number of ether oxygens (including phenoxy) is 3. The number of hydrogen-bond acceptors (Lipinski definition) is 6. The van der Waals surface area contributed by atoms with E-state index >= 15 is 0 Å². The number of carbonyl (C=O) groups is 1. The van der Waals surface area contributed by atoms with Crippen LogP contribution in [0.4, 0.5) is 0 Å². The maximum Gasteiger partial charge on any atom is 0.337 e. The van der Waals surface area contributed by atoms with Crippen molar-refractivity contribution in [1.82, 2.24) is 5.32 Å². The Kier molecular flexibility index (Phi) is 7.25. The van der Waals surface area contributed by atoms with Crippen LogP contribution in [-0.2, 0) is 11.3 Å². The van der Waals surface area contributed by atoms with Gasteiger partial charge in [0.2, 0.25) is 0 Å². The molecule has 0 saturated heterocycles. The van der Waals surface area contributed by atoms with Gasteiger partial charge in [0.1, 0.15) is 24.2 Å². The van der Waals surface area contributed by atoms with Gasteiger partial charge < -0.3 is 24.6 Å². The average Bonchev–Trinajstić information content (AvgIpc) is 2.66. The number of aliphatic hydroxyl groups excluding tert-OH is 1. The van der Waals surface area contributed by atoms with Gasteiger partial charge in [-0.15, -0.1) is 0 Å². The third kappa shape index (κ3) is 6.10. The summed E-state index contributed by atoms with van der Waals surface area (Å²) in [6.07, 6.45) is -0.674. The Balaban J connectivity index is 1.75. The van der Waals surface area contributed by atoms with E-state index in [1.54, 1.807) is 31.4 Å². The Morgan fingerprint density at radius 3 is 2.64 bits per heavy atom. The predicted molar refractivity (Wildman–Crippen MR) is 94.0 cm³/mol. The van der Waals surface area contributed by atoms with E-state index in [9.17, 15) is 9.90 Å². The van der Waals surface area contributed by atoms with Gasteiger partial charge in [-0.05, 0) is 35.9 Å². The fraction of sp³-hybridized carbons (Fsp3) is 0.316. The van der Waals surface area contributed by atoms with E-state index in [1.807, 2.05) is 24.3 Å². The standard InChI is InChI=1S/C19H23NO5/c1-23-17-7-3-5-14(9-17)11-20-12-16(21)13-25-18-8-4-6-15(10-18)19(22)24-2/h3-10,16,20-21H,11-13H2,1-2H3/t16-/m1/s1. The first-order valence-electron chi connectivity index (χ1n) is 7.95. The van der Waals surface area contributed by atoms with Crippen molar-refractivity contribution in [3.63, 3.8) is 0 Å². The molecule has 134 valence electrons. The summed E-state index contributed by atoms with van der Waals surface area (Å²) in [5.74, 6) is 0.884. The quantitative estimate of drug-likeness (QED) is 0.677. The molecule has 2 N–H and O–H groups in total. The van der Waals surface area contributed by atoms with Crippen molar-refractivity contribution in [3.05, 3.63) is 59.7 Å². The van der Waals surface area contributed by atoms with Crippen LogP contribution in [0.2, 0.25) is 0 Å². The first-order chi connectivity index (χ1) is 12.1. The first kappa shape index (κ1) is 18.8. The van der Waals surface area contributed by atoms with Crippen molar-refractivity contribution in [3.8, 4) is 11.5 Å². The van der Waals surface area contributed by atoms with Crippen LogP contribution in [-0.4, -0.2) is 44.6 Å². The molecule has 2 aromatic carbocycles. The molecular formula is C19H23NO5. The molecule has 0 aliphatic rings. The van der Waals surface area contributed by atoms with Crippen molar-refractivity contribution in [1.29, 1.82) is 0 Å². The van der Waals surface area contributed by atoms with E-state index in [2.05, 4.69) is 10.1 Å². The molecular weight excluding hydrogens is 322 g/mol. The highest BCUT2D eigenvalue weighted by atomic mass is 16.5. The van der Waals surface area contributed by atoms with Crippen molar-refractivity contribution in [2.45, 2.75) is 12.6 Å². The summed E-state index contributed by atoms with van der Waals surface area (Å²) in [4.78, 5) is 11.5. The molecule has 6 heteroatoms. The minimum absolute atomic E-state index is 0.121. The molecule has 0 aliphatic heterocycles. The Hall–Kier alpha value is -2.57. The highest BCUT2D eigenvalue weighted by Gasteiger charge is 2.08. The molecule has 2 aromatic rings. The fourth-order valence-corrected chi connectivity index (χ4v) is 2.25. The number of aliphatic hydroxyl groups is 1. The molecule has 25 heavy (non-hydrogen) atoms. The van der Waals surface area contributed by atoms with E-state index < -0.39 is 12.1 Å². The summed E-state index contributed by atoms with van der Waals surface area (Å²) in [5, 5.41) is 13.2. The molecule has 0 aliphatic carbocycles. The second-order valence-electron chi connectivity index (χ2n) is 5.47. The molecule has 6 nitrogen and oxygen atoms in total. The van der Waals surface area contributed by atoms with Crippen molar-refractivity contribution >= 4 is 5.97 Å². The normalized spacial score (nSPS) is 11.6. The average molecular weight is 345 g/mol. The van der Waals surface area contributed by atoms with Crippen LogP contribution in [0.15, 0.2) is 48.5 Å². The lowest BCUT2D eigenvalue weighted by molar-refractivity contribution is 0.0600. The van der Waals surface area contributed by atoms with Gasteiger partial charge >= 0.3 is 5.97 Å². The van der Waals surface area contributed by atoms with Crippen LogP contribution in [0, 0.1) is 0 Å². The summed E-state index contributed by atoms with van der Waals surface area (Å²) < 4.78 is 15.4. The number of nitrogens with one attached hydrogen (secondary N) is 1. The summed E-state index contributed by atoms with van der Waals surface area (Å²) in [6, 6.07) is 14.4. The number of carbonyl (C=O) groups excluding carboxylic acids is 1. The second-order valence-corrected chi connectivity index (χ2v) is 5.47. The zero-order valence-electron chi connectivity index (χ0n) is 14.4. The number of methoxy groups -OCH3 is 2. The first-order valence-corrected chi connectivity index (χ1v) is 7.95. The van der Waals surface area contributed by atoms with Crippen LogP contribution in [0.3, 0.4) is 0 Å². The molecule has 2 rings (SSSR count). The SMILES string of the molecule is COC(=O)c1cccc(OC[C@H](O)CNCc2cccc(OC)c2)c1. The Bertz CT molecular complexity index is 689. The maximum atomic E-state index is 11.5. The summed E-state index contributed by atoms with van der Waals surface area (Å²) in [7, 11) is 2.95. The molecule has 0 spiro atoms. The minimum Gasteiger partial charge on any atom is -0.497 e. The van der Waals surface area contributed by atoms with E-state index in [1.165, 1.54) is 7.11 Å². The lowest BCUT2D eigenvalue weighted by atomic mass is 10.2. The molecule has 0 saturated carbocycles. The summed E-state index contributed by atoms with van der Waals surface area (Å²) in [6.45, 7) is 1.12. The molecule has 0 amide bonds. The zero-order chi connectivity index (χ0) is 18.1. The van der Waals surface area contributed by atoms with Gasteiger partial charge in [-0.3, -0.25) is 0 Å². The third-order valence-electron chi connectivity index (χ3n) is 3.54. The van der Waals surface area contributed by atoms with Crippen LogP contribution < -0.4 is 14.8 Å². The number of esters is 1. The van der Waals surface area contributed by atoms with Gasteiger partial charge in [0.05, 0.1) is 19.8 Å². The van der Waals surface area contributed by atoms with Crippen LogP contribution in [0.5, 0.6) is 11.5 Å². The highest BCUT2D eigenvalue weighted by Crippen LogP contribution is 2.14.